The maximum atomic E-state index is 16.5. The molecule has 0 bridgehead atoms. The Bertz CT molecular complexity index is 956. The highest BCUT2D eigenvalue weighted by molar-refractivity contribution is 7.59. The number of alkyl halides is 1. The van der Waals surface area contributed by atoms with Gasteiger partial charge >= 0.3 is 5.97 Å². The zero-order valence-electron chi connectivity index (χ0n) is 16.7. The molecule has 0 heterocycles. The fraction of sp³-hybridized carbons (Fsp3) is 0.348. The molecule has 4 nitrogen and oxygen atoms in total. The molecular formula is C23H26FO4P. The van der Waals surface area contributed by atoms with Crippen LogP contribution in [0.3, 0.4) is 0 Å². The minimum Gasteiger partial charge on any atom is -0.465 e. The first-order chi connectivity index (χ1) is 13.8. The van der Waals surface area contributed by atoms with Crippen LogP contribution in [0.1, 0.15) is 37.0 Å². The molecule has 0 saturated heterocycles. The van der Waals surface area contributed by atoms with Crippen molar-refractivity contribution < 1.29 is 23.4 Å². The molecule has 2 aromatic carbocycles. The van der Waals surface area contributed by atoms with Crippen LogP contribution in [0.4, 0.5) is 4.39 Å². The second-order valence-corrected chi connectivity index (χ2v) is 9.90. The number of ether oxygens (including phenoxy) is 1. The maximum absolute atomic E-state index is 16.5. The molecule has 0 amide bonds. The van der Waals surface area contributed by atoms with Gasteiger partial charge in [0.15, 0.2) is 0 Å². The number of hydrogen-bond donors (Lipinski definition) is 1. The van der Waals surface area contributed by atoms with Gasteiger partial charge in [0.1, 0.15) is 0 Å². The third-order valence-electron chi connectivity index (χ3n) is 5.30. The fourth-order valence-corrected chi connectivity index (χ4v) is 5.70. The normalized spacial score (nSPS) is 21.4. The zero-order chi connectivity index (χ0) is 21.1. The van der Waals surface area contributed by atoms with Gasteiger partial charge in [0, 0.05) is 6.42 Å². The molecule has 1 aliphatic carbocycles. The first-order valence-corrected chi connectivity index (χ1v) is 11.6. The third-order valence-corrected chi connectivity index (χ3v) is 7.61. The minimum absolute atomic E-state index is 0.0130. The van der Waals surface area contributed by atoms with Crippen LogP contribution >= 0.6 is 7.37 Å². The Balaban J connectivity index is 2.04. The van der Waals surface area contributed by atoms with Gasteiger partial charge in [-0.2, -0.15) is 0 Å². The van der Waals surface area contributed by atoms with E-state index in [1.807, 2.05) is 19.1 Å². The lowest BCUT2D eigenvalue weighted by Crippen LogP contribution is -2.37. The van der Waals surface area contributed by atoms with Gasteiger partial charge in [0.25, 0.3) is 0 Å². The summed E-state index contributed by atoms with van der Waals surface area (Å²) in [6.45, 7) is 3.64. The Labute approximate surface area is 170 Å². The molecule has 0 aliphatic heterocycles. The monoisotopic (exact) mass is 416 g/mol. The van der Waals surface area contributed by atoms with Crippen molar-refractivity contribution in [3.8, 4) is 0 Å². The first-order valence-electron chi connectivity index (χ1n) is 9.80. The van der Waals surface area contributed by atoms with E-state index >= 15 is 4.39 Å². The number of esters is 1. The molecule has 2 aromatic rings. The maximum Gasteiger partial charge on any atom is 0.312 e. The number of fused-ring (bicyclic) bond motifs is 1. The Morgan fingerprint density at radius 3 is 2.55 bits per heavy atom. The van der Waals surface area contributed by atoms with E-state index < -0.39 is 24.7 Å². The molecule has 6 heteroatoms. The van der Waals surface area contributed by atoms with Gasteiger partial charge in [0.05, 0.1) is 18.7 Å². The van der Waals surface area contributed by atoms with E-state index in [0.717, 1.165) is 5.56 Å². The molecular weight excluding hydrogens is 390 g/mol. The lowest BCUT2D eigenvalue weighted by molar-refractivity contribution is -0.147. The molecule has 154 valence electrons. The molecule has 0 spiro atoms. The van der Waals surface area contributed by atoms with E-state index in [9.17, 15) is 14.3 Å². The fourth-order valence-electron chi connectivity index (χ4n) is 3.66. The van der Waals surface area contributed by atoms with Gasteiger partial charge in [-0.15, -0.1) is 0 Å². The molecule has 1 aliphatic rings. The lowest BCUT2D eigenvalue weighted by atomic mass is 9.84. The standard InChI is InChI=1S/C23H26FO4P/c1-3-13-28-22(25)17(2)21-14-19-11-7-8-12-20(19)15-23(21,24)29(26,27)16-18-9-5-4-6-10-18/h4-12,14,17H,3,13,15-16H2,1-2H3,(H,26,27). The number of carbonyl (C=O) groups is 1. The summed E-state index contributed by atoms with van der Waals surface area (Å²) in [5.74, 6) is -1.55. The zero-order valence-corrected chi connectivity index (χ0v) is 17.6. The van der Waals surface area contributed by atoms with Crippen LogP contribution in [0.15, 0.2) is 60.2 Å². The number of rotatable bonds is 7. The van der Waals surface area contributed by atoms with E-state index in [-0.39, 0.29) is 24.8 Å². The highest BCUT2D eigenvalue weighted by Crippen LogP contribution is 2.65. The second kappa shape index (κ2) is 8.64. The summed E-state index contributed by atoms with van der Waals surface area (Å²) in [6, 6.07) is 15.9. The smallest absolute Gasteiger partial charge is 0.312 e. The van der Waals surface area contributed by atoms with E-state index in [2.05, 4.69) is 0 Å². The molecule has 29 heavy (non-hydrogen) atoms. The van der Waals surface area contributed by atoms with Crippen molar-refractivity contribution >= 4 is 19.4 Å². The Morgan fingerprint density at radius 1 is 1.21 bits per heavy atom. The van der Waals surface area contributed by atoms with Gasteiger partial charge in [-0.1, -0.05) is 67.6 Å². The number of benzene rings is 2. The van der Waals surface area contributed by atoms with Crippen LogP contribution in [0.5, 0.6) is 0 Å². The first kappa shape index (κ1) is 21.5. The van der Waals surface area contributed by atoms with Crippen molar-refractivity contribution in [1.82, 2.24) is 0 Å². The van der Waals surface area contributed by atoms with Gasteiger partial charge in [0.2, 0.25) is 12.8 Å². The van der Waals surface area contributed by atoms with Crippen molar-refractivity contribution in [2.45, 2.75) is 38.3 Å². The number of halogens is 1. The van der Waals surface area contributed by atoms with Gasteiger partial charge in [-0.05, 0) is 35.6 Å². The molecule has 0 radical (unpaired) electrons. The molecule has 1 N–H and O–H groups in total. The van der Waals surface area contributed by atoms with Crippen LogP contribution in [0.2, 0.25) is 0 Å². The van der Waals surface area contributed by atoms with E-state index in [0.29, 0.717) is 17.5 Å². The van der Waals surface area contributed by atoms with Crippen LogP contribution in [-0.4, -0.2) is 22.9 Å². The van der Waals surface area contributed by atoms with Gasteiger partial charge < -0.3 is 9.63 Å². The average Bonchev–Trinajstić information content (AvgIpc) is 2.71. The Kier molecular flexibility index (Phi) is 6.40. The van der Waals surface area contributed by atoms with Gasteiger partial charge in [-0.3, -0.25) is 9.36 Å². The van der Waals surface area contributed by atoms with Gasteiger partial charge in [-0.25, -0.2) is 4.39 Å². The quantitative estimate of drug-likeness (QED) is 0.488. The summed E-state index contributed by atoms with van der Waals surface area (Å²) in [5.41, 5.74) is 2.00. The summed E-state index contributed by atoms with van der Waals surface area (Å²) in [4.78, 5) is 23.4. The average molecular weight is 416 g/mol. The van der Waals surface area contributed by atoms with Crippen molar-refractivity contribution in [1.29, 1.82) is 0 Å². The molecule has 3 rings (SSSR count). The highest BCUT2D eigenvalue weighted by Gasteiger charge is 2.54. The summed E-state index contributed by atoms with van der Waals surface area (Å²) < 4.78 is 35.1. The molecule has 3 atom stereocenters. The molecule has 3 unspecified atom stereocenters. The van der Waals surface area contributed by atoms with E-state index in [1.165, 1.54) is 6.92 Å². The van der Waals surface area contributed by atoms with Crippen molar-refractivity contribution in [3.63, 3.8) is 0 Å². The minimum atomic E-state index is -4.38. The molecule has 0 saturated carbocycles. The Morgan fingerprint density at radius 2 is 1.86 bits per heavy atom. The predicted molar refractivity (Wildman–Crippen MR) is 112 cm³/mol. The number of carbonyl (C=O) groups excluding carboxylic acids is 1. The van der Waals surface area contributed by atoms with Crippen LogP contribution in [-0.2, 0) is 26.7 Å². The number of hydrogen-bond acceptors (Lipinski definition) is 3. The van der Waals surface area contributed by atoms with Crippen LogP contribution in [0.25, 0.3) is 6.08 Å². The topological polar surface area (TPSA) is 63.6 Å². The Hall–Kier alpha value is -2.23. The van der Waals surface area contributed by atoms with Crippen molar-refractivity contribution in [2.24, 2.45) is 5.92 Å². The van der Waals surface area contributed by atoms with E-state index in [4.69, 9.17) is 4.74 Å². The summed E-state index contributed by atoms with van der Waals surface area (Å²) in [7, 11) is -4.38. The summed E-state index contributed by atoms with van der Waals surface area (Å²) >= 11 is 0. The largest absolute Gasteiger partial charge is 0.465 e. The van der Waals surface area contributed by atoms with Crippen LogP contribution < -0.4 is 0 Å². The summed E-state index contributed by atoms with van der Waals surface area (Å²) in [6.07, 6.45) is 1.64. The predicted octanol–water partition coefficient (Wildman–Crippen LogP) is 5.35. The third kappa shape index (κ3) is 4.36. The molecule has 0 fully saturated rings. The van der Waals surface area contributed by atoms with E-state index in [1.54, 1.807) is 48.5 Å². The van der Waals surface area contributed by atoms with Crippen LogP contribution in [0, 0.1) is 5.92 Å². The van der Waals surface area contributed by atoms with Crippen molar-refractivity contribution in [2.75, 3.05) is 6.61 Å². The highest BCUT2D eigenvalue weighted by atomic mass is 31.2. The van der Waals surface area contributed by atoms with Crippen molar-refractivity contribution in [3.05, 3.63) is 76.9 Å². The second-order valence-electron chi connectivity index (χ2n) is 7.47. The lowest BCUT2D eigenvalue weighted by Gasteiger charge is -2.38. The SMILES string of the molecule is CCCOC(=O)C(C)C1=Cc2ccccc2CC1(F)P(=O)(O)Cc1ccccc1. The summed E-state index contributed by atoms with van der Waals surface area (Å²) in [5, 5.41) is -2.54. The molecule has 0 aromatic heterocycles.